The van der Waals surface area contributed by atoms with Crippen LogP contribution in [0.1, 0.15) is 24.8 Å². The molecule has 150 valence electrons. The molecular formula is C24H25NO3S. The van der Waals surface area contributed by atoms with Gasteiger partial charge in [-0.25, -0.2) is 8.42 Å². The van der Waals surface area contributed by atoms with Crippen molar-refractivity contribution in [3.05, 3.63) is 78.4 Å². The number of amides is 1. The molecule has 1 atom stereocenters. The third-order valence-corrected chi connectivity index (χ3v) is 7.51. The average molecular weight is 408 g/mol. The van der Waals surface area contributed by atoms with Crippen molar-refractivity contribution < 1.29 is 13.2 Å². The lowest BCUT2D eigenvalue weighted by atomic mass is 10.0. The minimum Gasteiger partial charge on any atom is -0.339 e. The van der Waals surface area contributed by atoms with E-state index >= 15 is 0 Å². The van der Waals surface area contributed by atoms with E-state index in [1.54, 1.807) is 35.2 Å². The Hall–Kier alpha value is -2.66. The molecule has 0 spiro atoms. The maximum absolute atomic E-state index is 12.9. The number of hydrogen-bond donors (Lipinski definition) is 0. The standard InChI is InChI=1S/C24H25NO3S/c26-24(16-15-20-10-6-9-19-8-4-5-14-23(19)20)25-17-7-11-21(25)18-29(27,28)22-12-2-1-3-13-22/h1-6,8-10,12-14,21H,7,11,15-18H2. The number of benzene rings is 3. The zero-order valence-corrected chi connectivity index (χ0v) is 17.1. The molecule has 4 rings (SSSR count). The summed E-state index contributed by atoms with van der Waals surface area (Å²) >= 11 is 0. The number of carbonyl (C=O) groups excluding carboxylic acids is 1. The van der Waals surface area contributed by atoms with E-state index in [9.17, 15) is 13.2 Å². The fraction of sp³-hybridized carbons (Fsp3) is 0.292. The number of nitrogens with zero attached hydrogens (tertiary/aromatic N) is 1. The van der Waals surface area contributed by atoms with Crippen LogP contribution >= 0.6 is 0 Å². The second kappa shape index (κ2) is 8.37. The molecule has 0 N–H and O–H groups in total. The summed E-state index contributed by atoms with van der Waals surface area (Å²) in [5.74, 6) is 0.0421. The summed E-state index contributed by atoms with van der Waals surface area (Å²) in [4.78, 5) is 15.0. The zero-order valence-electron chi connectivity index (χ0n) is 16.3. The fourth-order valence-electron chi connectivity index (χ4n) is 4.21. The maximum atomic E-state index is 12.9. The van der Waals surface area contributed by atoms with Crippen LogP contribution in [0.2, 0.25) is 0 Å². The van der Waals surface area contributed by atoms with Crippen molar-refractivity contribution in [2.24, 2.45) is 0 Å². The van der Waals surface area contributed by atoms with Gasteiger partial charge in [0.1, 0.15) is 0 Å². The summed E-state index contributed by atoms with van der Waals surface area (Å²) in [6, 6.07) is 22.6. The highest BCUT2D eigenvalue weighted by Crippen LogP contribution is 2.24. The predicted molar refractivity (Wildman–Crippen MR) is 115 cm³/mol. The van der Waals surface area contributed by atoms with E-state index in [4.69, 9.17) is 0 Å². The van der Waals surface area contributed by atoms with Gasteiger partial charge < -0.3 is 4.90 Å². The van der Waals surface area contributed by atoms with Crippen LogP contribution in [-0.2, 0) is 21.1 Å². The molecule has 1 saturated heterocycles. The molecule has 1 amide bonds. The summed E-state index contributed by atoms with van der Waals surface area (Å²) in [6.07, 6.45) is 2.66. The number of aryl methyl sites for hydroxylation is 1. The Morgan fingerprint density at radius 2 is 1.66 bits per heavy atom. The van der Waals surface area contributed by atoms with E-state index in [1.165, 1.54) is 10.8 Å². The molecule has 1 unspecified atom stereocenters. The molecule has 1 heterocycles. The van der Waals surface area contributed by atoms with Gasteiger partial charge in [0, 0.05) is 19.0 Å². The van der Waals surface area contributed by atoms with Gasteiger partial charge in [0.25, 0.3) is 0 Å². The molecule has 5 heteroatoms. The van der Waals surface area contributed by atoms with Gasteiger partial charge in [-0.05, 0) is 47.7 Å². The molecule has 29 heavy (non-hydrogen) atoms. The number of hydrogen-bond acceptors (Lipinski definition) is 3. The number of likely N-dealkylation sites (tertiary alicyclic amines) is 1. The van der Waals surface area contributed by atoms with Crippen molar-refractivity contribution >= 4 is 26.5 Å². The molecule has 4 nitrogen and oxygen atoms in total. The molecule has 3 aromatic rings. The van der Waals surface area contributed by atoms with Gasteiger partial charge in [-0.1, -0.05) is 60.7 Å². The third-order valence-electron chi connectivity index (χ3n) is 5.70. The molecule has 0 aliphatic carbocycles. The van der Waals surface area contributed by atoms with Crippen LogP contribution < -0.4 is 0 Å². The van der Waals surface area contributed by atoms with Crippen molar-refractivity contribution in [3.63, 3.8) is 0 Å². The Labute approximate surface area is 172 Å². The second-order valence-corrected chi connectivity index (χ2v) is 9.65. The lowest BCUT2D eigenvalue weighted by molar-refractivity contribution is -0.131. The Morgan fingerprint density at radius 1 is 0.931 bits per heavy atom. The molecule has 0 radical (unpaired) electrons. The molecule has 1 fully saturated rings. The maximum Gasteiger partial charge on any atom is 0.223 e. The predicted octanol–water partition coefficient (Wildman–Crippen LogP) is 4.24. The van der Waals surface area contributed by atoms with E-state index in [0.717, 1.165) is 18.4 Å². The SMILES string of the molecule is O=C(CCc1cccc2ccccc12)N1CCCC1CS(=O)(=O)c1ccccc1. The van der Waals surface area contributed by atoms with E-state index in [0.29, 0.717) is 24.3 Å². The van der Waals surface area contributed by atoms with Crippen LogP contribution in [0.4, 0.5) is 0 Å². The van der Waals surface area contributed by atoms with Gasteiger partial charge in [-0.15, -0.1) is 0 Å². The van der Waals surface area contributed by atoms with Crippen molar-refractivity contribution in [1.82, 2.24) is 4.90 Å². The summed E-state index contributed by atoms with van der Waals surface area (Å²) in [5, 5.41) is 2.35. The van der Waals surface area contributed by atoms with E-state index in [1.807, 2.05) is 18.2 Å². The first kappa shape index (κ1) is 19.6. The monoisotopic (exact) mass is 407 g/mol. The number of carbonyl (C=O) groups is 1. The van der Waals surface area contributed by atoms with Crippen molar-refractivity contribution in [1.29, 1.82) is 0 Å². The first-order chi connectivity index (χ1) is 14.0. The Balaban J connectivity index is 1.44. The molecule has 0 bridgehead atoms. The normalized spacial score (nSPS) is 17.0. The first-order valence-electron chi connectivity index (χ1n) is 10.1. The average Bonchev–Trinajstić information content (AvgIpc) is 3.20. The van der Waals surface area contributed by atoms with Crippen LogP contribution in [0.3, 0.4) is 0 Å². The third kappa shape index (κ3) is 4.35. The van der Waals surface area contributed by atoms with Gasteiger partial charge in [-0.2, -0.15) is 0 Å². The van der Waals surface area contributed by atoms with Crippen molar-refractivity contribution in [2.75, 3.05) is 12.3 Å². The summed E-state index contributed by atoms with van der Waals surface area (Å²) < 4.78 is 25.5. The Morgan fingerprint density at radius 3 is 2.48 bits per heavy atom. The largest absolute Gasteiger partial charge is 0.339 e. The van der Waals surface area contributed by atoms with E-state index < -0.39 is 9.84 Å². The van der Waals surface area contributed by atoms with Crippen molar-refractivity contribution in [3.8, 4) is 0 Å². The molecular weight excluding hydrogens is 382 g/mol. The van der Waals surface area contributed by atoms with Crippen LogP contribution in [0, 0.1) is 0 Å². The van der Waals surface area contributed by atoms with Gasteiger partial charge >= 0.3 is 0 Å². The van der Waals surface area contributed by atoms with Gasteiger partial charge in [0.05, 0.1) is 10.6 Å². The topological polar surface area (TPSA) is 54.5 Å². The summed E-state index contributed by atoms with van der Waals surface area (Å²) in [7, 11) is -3.40. The Bertz CT molecular complexity index is 1100. The molecule has 0 aromatic heterocycles. The summed E-state index contributed by atoms with van der Waals surface area (Å²) in [5.41, 5.74) is 1.16. The van der Waals surface area contributed by atoms with E-state index in [-0.39, 0.29) is 17.7 Å². The van der Waals surface area contributed by atoms with Crippen LogP contribution in [0.25, 0.3) is 10.8 Å². The second-order valence-electron chi connectivity index (χ2n) is 7.62. The van der Waals surface area contributed by atoms with Crippen LogP contribution in [0.15, 0.2) is 77.7 Å². The first-order valence-corrected chi connectivity index (χ1v) is 11.7. The highest BCUT2D eigenvalue weighted by atomic mass is 32.2. The molecule has 3 aromatic carbocycles. The minimum absolute atomic E-state index is 0.00296. The lowest BCUT2D eigenvalue weighted by Gasteiger charge is -2.25. The number of rotatable bonds is 6. The lowest BCUT2D eigenvalue weighted by Crippen LogP contribution is -2.39. The highest BCUT2D eigenvalue weighted by molar-refractivity contribution is 7.91. The quantitative estimate of drug-likeness (QED) is 0.614. The number of fused-ring (bicyclic) bond motifs is 1. The highest BCUT2D eigenvalue weighted by Gasteiger charge is 2.32. The smallest absolute Gasteiger partial charge is 0.223 e. The molecule has 0 saturated carbocycles. The Kier molecular flexibility index (Phi) is 5.67. The number of sulfone groups is 1. The molecule has 1 aliphatic heterocycles. The van der Waals surface area contributed by atoms with Crippen molar-refractivity contribution in [2.45, 2.75) is 36.6 Å². The zero-order chi connectivity index (χ0) is 20.3. The van der Waals surface area contributed by atoms with Gasteiger partial charge in [0.2, 0.25) is 5.91 Å². The fourth-order valence-corrected chi connectivity index (χ4v) is 5.83. The van der Waals surface area contributed by atoms with Gasteiger partial charge in [0.15, 0.2) is 9.84 Å². The summed E-state index contributed by atoms with van der Waals surface area (Å²) in [6.45, 7) is 0.642. The molecule has 1 aliphatic rings. The van der Waals surface area contributed by atoms with Crippen LogP contribution in [0.5, 0.6) is 0 Å². The minimum atomic E-state index is -3.40. The van der Waals surface area contributed by atoms with Crippen LogP contribution in [-0.4, -0.2) is 37.6 Å². The van der Waals surface area contributed by atoms with E-state index in [2.05, 4.69) is 24.3 Å². The van der Waals surface area contributed by atoms with Gasteiger partial charge in [-0.3, -0.25) is 4.79 Å².